The van der Waals surface area contributed by atoms with Crippen LogP contribution in [0.15, 0.2) is 24.3 Å². The molecule has 132 valence electrons. The van der Waals surface area contributed by atoms with Gasteiger partial charge in [-0.1, -0.05) is 26.7 Å². The Morgan fingerprint density at radius 3 is 1.50 bits per heavy atom. The molecule has 4 heteroatoms. The summed E-state index contributed by atoms with van der Waals surface area (Å²) in [6, 6.07) is 7.74. The molecule has 0 aromatic heterocycles. The fourth-order valence-electron chi connectivity index (χ4n) is 2.57. The molecule has 0 saturated heterocycles. The zero-order valence-corrected chi connectivity index (χ0v) is 14.7. The second-order valence-electron chi connectivity index (χ2n) is 5.99. The molecule has 2 N–H and O–H groups in total. The maximum Gasteiger partial charge on any atom is 0.125 e. The first-order valence-corrected chi connectivity index (χ1v) is 8.80. The van der Waals surface area contributed by atoms with Crippen molar-refractivity contribution in [2.45, 2.75) is 52.7 Å². The van der Waals surface area contributed by atoms with Crippen LogP contribution in [0.3, 0.4) is 0 Å². The second-order valence-corrected chi connectivity index (χ2v) is 5.99. The first-order chi connectivity index (χ1) is 11.7. The molecule has 2 aromatic carbocycles. The van der Waals surface area contributed by atoms with Crippen molar-refractivity contribution in [3.8, 4) is 11.5 Å². The number of fused-ring (bicyclic) bond motifs is 1. The zero-order chi connectivity index (χ0) is 17.4. The highest BCUT2D eigenvalue weighted by Crippen LogP contribution is 2.32. The van der Waals surface area contributed by atoms with E-state index in [9.17, 15) is 10.2 Å². The summed E-state index contributed by atoms with van der Waals surface area (Å²) in [7, 11) is 0. The fourth-order valence-corrected chi connectivity index (χ4v) is 2.57. The van der Waals surface area contributed by atoms with Gasteiger partial charge in [-0.05, 0) is 47.9 Å². The molecule has 4 nitrogen and oxygen atoms in total. The van der Waals surface area contributed by atoms with Crippen molar-refractivity contribution in [1.82, 2.24) is 0 Å². The third-order valence-corrected chi connectivity index (χ3v) is 4.05. The van der Waals surface area contributed by atoms with Crippen LogP contribution in [0.4, 0.5) is 0 Å². The van der Waals surface area contributed by atoms with E-state index in [1.165, 1.54) is 0 Å². The molecular weight excluding hydrogens is 304 g/mol. The van der Waals surface area contributed by atoms with Gasteiger partial charge in [0.15, 0.2) is 0 Å². The van der Waals surface area contributed by atoms with Crippen LogP contribution in [0.2, 0.25) is 0 Å². The van der Waals surface area contributed by atoms with Crippen LogP contribution in [0.25, 0.3) is 10.8 Å². The topological polar surface area (TPSA) is 58.9 Å². The van der Waals surface area contributed by atoms with E-state index in [4.69, 9.17) is 9.47 Å². The van der Waals surface area contributed by atoms with E-state index in [-0.39, 0.29) is 13.2 Å². The minimum Gasteiger partial charge on any atom is -0.493 e. The minimum absolute atomic E-state index is 0.0688. The fraction of sp³-hybridized carbons (Fsp3) is 0.500. The number of unbranched alkanes of at least 4 members (excludes halogenated alkanes) is 2. The summed E-state index contributed by atoms with van der Waals surface area (Å²) >= 11 is 0. The van der Waals surface area contributed by atoms with Gasteiger partial charge in [-0.25, -0.2) is 0 Å². The number of benzene rings is 2. The second kappa shape index (κ2) is 9.50. The highest BCUT2D eigenvalue weighted by atomic mass is 16.5. The molecule has 0 amide bonds. The Hall–Kier alpha value is -1.78. The molecule has 0 fully saturated rings. The molecule has 0 unspecified atom stereocenters. The maximum atomic E-state index is 9.60. The van der Waals surface area contributed by atoms with Crippen molar-refractivity contribution in [1.29, 1.82) is 0 Å². The van der Waals surface area contributed by atoms with Crippen LogP contribution in [-0.2, 0) is 13.2 Å². The molecule has 0 heterocycles. The maximum absolute atomic E-state index is 9.60. The predicted molar refractivity (Wildman–Crippen MR) is 96.6 cm³/mol. The van der Waals surface area contributed by atoms with Crippen LogP contribution in [0.1, 0.15) is 50.7 Å². The lowest BCUT2D eigenvalue weighted by Crippen LogP contribution is -2.02. The normalized spacial score (nSPS) is 11.0. The van der Waals surface area contributed by atoms with E-state index in [1.54, 1.807) is 0 Å². The number of rotatable bonds is 10. The lowest BCUT2D eigenvalue weighted by Gasteiger charge is -2.15. The third kappa shape index (κ3) is 4.62. The van der Waals surface area contributed by atoms with Gasteiger partial charge in [-0.2, -0.15) is 0 Å². The molecule has 24 heavy (non-hydrogen) atoms. The van der Waals surface area contributed by atoms with Gasteiger partial charge in [-0.3, -0.25) is 0 Å². The van der Waals surface area contributed by atoms with Crippen LogP contribution in [0.5, 0.6) is 11.5 Å². The molecule has 0 aliphatic rings. The van der Waals surface area contributed by atoms with Crippen molar-refractivity contribution in [2.24, 2.45) is 0 Å². The Morgan fingerprint density at radius 2 is 1.12 bits per heavy atom. The van der Waals surface area contributed by atoms with Gasteiger partial charge in [-0.15, -0.1) is 0 Å². The molecule has 0 saturated carbocycles. The lowest BCUT2D eigenvalue weighted by molar-refractivity contribution is 0.260. The Labute approximate surface area is 144 Å². The third-order valence-electron chi connectivity index (χ3n) is 4.05. The number of hydrogen-bond donors (Lipinski definition) is 2. The summed E-state index contributed by atoms with van der Waals surface area (Å²) < 4.78 is 11.6. The Balaban J connectivity index is 2.36. The molecule has 0 aliphatic carbocycles. The van der Waals surface area contributed by atoms with Gasteiger partial charge in [0, 0.05) is 11.1 Å². The van der Waals surface area contributed by atoms with E-state index >= 15 is 0 Å². The Kier molecular flexibility index (Phi) is 7.35. The first-order valence-electron chi connectivity index (χ1n) is 8.80. The van der Waals surface area contributed by atoms with Gasteiger partial charge >= 0.3 is 0 Å². The number of aliphatic hydroxyl groups is 2. The molecule has 0 radical (unpaired) electrons. The molecule has 2 aromatic rings. The van der Waals surface area contributed by atoms with Gasteiger partial charge in [0.2, 0.25) is 0 Å². The van der Waals surface area contributed by atoms with Gasteiger partial charge < -0.3 is 19.7 Å². The molecule has 2 rings (SSSR count). The van der Waals surface area contributed by atoms with E-state index in [0.29, 0.717) is 13.2 Å². The summed E-state index contributed by atoms with van der Waals surface area (Å²) in [5.41, 5.74) is 1.53. The van der Waals surface area contributed by atoms with E-state index < -0.39 is 0 Å². The summed E-state index contributed by atoms with van der Waals surface area (Å²) in [6.45, 7) is 5.38. The monoisotopic (exact) mass is 332 g/mol. The van der Waals surface area contributed by atoms with Gasteiger partial charge in [0.25, 0.3) is 0 Å². The van der Waals surface area contributed by atoms with Crippen LogP contribution in [-0.4, -0.2) is 23.4 Å². The Bertz CT molecular complexity index is 599. The summed E-state index contributed by atoms with van der Waals surface area (Å²) in [4.78, 5) is 0. The smallest absolute Gasteiger partial charge is 0.125 e. The van der Waals surface area contributed by atoms with Crippen molar-refractivity contribution >= 4 is 10.8 Å². The summed E-state index contributed by atoms with van der Waals surface area (Å²) in [5, 5.41) is 21.2. The van der Waals surface area contributed by atoms with Crippen LogP contribution < -0.4 is 9.47 Å². The zero-order valence-electron chi connectivity index (χ0n) is 14.7. The molecule has 0 bridgehead atoms. The molecule has 0 atom stereocenters. The number of hydrogen-bond acceptors (Lipinski definition) is 4. The first kappa shape index (κ1) is 18.6. The lowest BCUT2D eigenvalue weighted by atomic mass is 10.0. The summed E-state index contributed by atoms with van der Waals surface area (Å²) in [6.07, 6.45) is 4.10. The Morgan fingerprint density at radius 1 is 0.708 bits per heavy atom. The number of aliphatic hydroxyl groups excluding tert-OH is 2. The van der Waals surface area contributed by atoms with E-state index in [1.807, 2.05) is 24.3 Å². The highest BCUT2D eigenvalue weighted by molar-refractivity contribution is 5.87. The van der Waals surface area contributed by atoms with Crippen LogP contribution >= 0.6 is 0 Å². The van der Waals surface area contributed by atoms with Crippen molar-refractivity contribution < 1.29 is 19.7 Å². The van der Waals surface area contributed by atoms with E-state index in [2.05, 4.69) is 13.8 Å². The number of ether oxygens (including phenoxy) is 2. The average molecular weight is 332 g/mol. The standard InChI is InChI=1S/C20H28O4/c1-3-5-7-23-19-11-16-12-20(24-8-6-4-2)18(14-22)10-15(16)9-17(19)13-21/h9-12,21-22H,3-8,13-14H2,1-2H3. The molecular formula is C20H28O4. The molecule has 0 spiro atoms. The van der Waals surface area contributed by atoms with Crippen LogP contribution in [0, 0.1) is 0 Å². The largest absolute Gasteiger partial charge is 0.493 e. The summed E-state index contributed by atoms with van der Waals surface area (Å²) in [5.74, 6) is 1.43. The minimum atomic E-state index is -0.0688. The van der Waals surface area contributed by atoms with Crippen molar-refractivity contribution in [3.63, 3.8) is 0 Å². The van der Waals surface area contributed by atoms with E-state index in [0.717, 1.165) is 59.1 Å². The van der Waals surface area contributed by atoms with Crippen molar-refractivity contribution in [2.75, 3.05) is 13.2 Å². The quantitative estimate of drug-likeness (QED) is 0.641. The van der Waals surface area contributed by atoms with Gasteiger partial charge in [0.1, 0.15) is 11.5 Å². The average Bonchev–Trinajstić information content (AvgIpc) is 2.61. The highest BCUT2D eigenvalue weighted by Gasteiger charge is 2.10. The SMILES string of the molecule is CCCCOc1cc2cc(OCCCC)c(CO)cc2cc1CO. The van der Waals surface area contributed by atoms with Gasteiger partial charge in [0.05, 0.1) is 26.4 Å². The van der Waals surface area contributed by atoms with Crippen molar-refractivity contribution in [3.05, 3.63) is 35.4 Å². The predicted octanol–water partition coefficient (Wildman–Crippen LogP) is 4.18. The molecule has 0 aliphatic heterocycles.